The van der Waals surface area contributed by atoms with Gasteiger partial charge in [-0.2, -0.15) is 0 Å². The predicted molar refractivity (Wildman–Crippen MR) is 512 cm³/mol. The molecule has 35 heteroatoms. The first-order chi connectivity index (χ1) is 68.6. The minimum atomic E-state index is -4.04. The molecule has 24 rings (SSSR count). The number of thiophene rings is 1. The zero-order valence-corrected chi connectivity index (χ0v) is 80.5. The molecule has 6 heterocycles. The Hall–Kier alpha value is -13.3. The third-order valence-corrected chi connectivity index (χ3v) is 43.9. The van der Waals surface area contributed by atoms with Gasteiger partial charge in [-0.3, -0.25) is 0 Å². The van der Waals surface area contributed by atoms with Crippen molar-refractivity contribution in [2.45, 2.75) is 113 Å². The quantitative estimate of drug-likeness (QED) is 0.0926. The number of hydrogen-bond donors (Lipinski definition) is 0. The lowest BCUT2D eigenvalue weighted by Crippen LogP contribution is -2.21. The van der Waals surface area contributed by atoms with E-state index in [0.29, 0.717) is 84.9 Å². The molecule has 7 nitrogen and oxygen atoms in total. The molecule has 0 fully saturated rings. The Morgan fingerprint density at radius 2 is 0.406 bits per heavy atom. The molecule has 0 saturated carbocycles. The van der Waals surface area contributed by atoms with Gasteiger partial charge in [-0.25, -0.2) is 104 Å². The minimum absolute atomic E-state index is 0.0133. The van der Waals surface area contributed by atoms with Crippen LogP contribution < -0.4 is 4.74 Å². The van der Waals surface area contributed by atoms with E-state index in [1.165, 1.54) is 231 Å². The highest BCUT2D eigenvalue weighted by molar-refractivity contribution is 8.02. The first-order valence-electron chi connectivity index (χ1n) is 42.2. The maximum atomic E-state index is 13.8. The van der Waals surface area contributed by atoms with Crippen molar-refractivity contribution in [1.29, 1.82) is 0 Å². The highest BCUT2D eigenvalue weighted by Gasteiger charge is 2.50. The van der Waals surface area contributed by atoms with Crippen molar-refractivity contribution >= 4 is 126 Å². The van der Waals surface area contributed by atoms with Crippen LogP contribution in [0.1, 0.15) is 0 Å². The van der Waals surface area contributed by atoms with E-state index in [1.807, 2.05) is 0 Å². The Morgan fingerprint density at radius 1 is 0.182 bits per heavy atom. The Morgan fingerprint density at radius 3 is 0.755 bits per heavy atom. The van der Waals surface area contributed by atoms with Crippen molar-refractivity contribution < 1.29 is 109 Å². The number of rotatable bonds is 6. The molecule has 0 amide bonds. The van der Waals surface area contributed by atoms with E-state index in [-0.39, 0.29) is 64.3 Å². The summed E-state index contributed by atoms with van der Waals surface area (Å²) >= 11 is 0. The SMILES string of the molecule is Fc1ccc(-[s+]2c3cc(F)ccc3c3ccc(F)cc32)cc1.Fc1ccc([S+]2c3cc(F)ccc3Oc3ccc(F)cc32)cc1.O=S1(=O)c2cc(F)ccc2[S+](c2ccc(F)cc2)c2ccc(F)cc21.O=S1(=O)c2ccc(F)cc2[S+](c2ccc(F)cc2)c2cc(F)ccc21.O=S1c2cc(F)ccc2[S+](c2ccc(F)cc2)c2ccc(F)cc21.O=S1c2ccc(F)cc2[S+](c2ccc(F)cc2)c2cc(F)ccc21. The van der Waals surface area contributed by atoms with Crippen LogP contribution in [0.15, 0.2) is 477 Å². The van der Waals surface area contributed by atoms with Crippen molar-refractivity contribution in [2.24, 2.45) is 0 Å². The van der Waals surface area contributed by atoms with Gasteiger partial charge in [0.1, 0.15) is 198 Å². The molecule has 0 spiro atoms. The van der Waals surface area contributed by atoms with Crippen LogP contribution in [0.25, 0.3) is 25.1 Å². The zero-order valence-electron chi connectivity index (χ0n) is 72.4. The molecule has 0 N–H and O–H groups in total. The van der Waals surface area contributed by atoms with E-state index in [2.05, 4.69) is 0 Å². The smallest absolute Gasteiger partial charge is 0.216 e. The molecule has 0 unspecified atom stereocenters. The van der Waals surface area contributed by atoms with E-state index in [0.717, 1.165) is 71.3 Å². The average molecular weight is 2130 g/mol. The summed E-state index contributed by atoms with van der Waals surface area (Å²) in [5, 5.41) is 1.81. The van der Waals surface area contributed by atoms with Gasteiger partial charge in [0, 0.05) is 81.9 Å². The van der Waals surface area contributed by atoms with E-state index < -0.39 is 176 Å². The summed E-state index contributed by atoms with van der Waals surface area (Å²) in [7, 11) is -16.0. The number of benzene rings is 18. The monoisotopic (exact) mass is 2130 g/mol. The van der Waals surface area contributed by atoms with Crippen LogP contribution in [0, 0.1) is 105 Å². The molecular weight excluding hydrogens is 2070 g/mol. The molecule has 18 aromatic carbocycles. The highest BCUT2D eigenvalue weighted by Crippen LogP contribution is 2.54. The van der Waals surface area contributed by atoms with Crippen LogP contribution >= 0.6 is 10.5 Å². The van der Waals surface area contributed by atoms with Crippen molar-refractivity contribution in [3.05, 3.63) is 469 Å². The van der Waals surface area contributed by atoms with E-state index in [1.54, 1.807) is 97.1 Å². The maximum absolute atomic E-state index is 13.8. The summed E-state index contributed by atoms with van der Waals surface area (Å²) in [6.07, 6.45) is 0. The fourth-order valence-electron chi connectivity index (χ4n) is 16.1. The molecule has 0 atom stereocenters. The molecule has 714 valence electrons. The van der Waals surface area contributed by atoms with Crippen LogP contribution in [-0.2, 0) is 95.7 Å². The maximum Gasteiger partial charge on any atom is 0.216 e. The minimum Gasteiger partial charge on any atom is -0.447 e. The van der Waals surface area contributed by atoms with E-state index in [9.17, 15) is 104 Å². The van der Waals surface area contributed by atoms with Crippen LogP contribution in [0.4, 0.5) is 79.0 Å². The molecule has 0 aliphatic carbocycles. The second-order valence-corrected chi connectivity index (χ2v) is 49.8. The van der Waals surface area contributed by atoms with Gasteiger partial charge in [0.15, 0.2) is 89.4 Å². The normalized spacial score (nSPS) is 15.6. The third kappa shape index (κ3) is 19.8. The van der Waals surface area contributed by atoms with Crippen LogP contribution in [0.5, 0.6) is 11.5 Å². The summed E-state index contributed by atoms with van der Waals surface area (Å²) in [4.78, 5) is 10.7. The van der Waals surface area contributed by atoms with Crippen molar-refractivity contribution in [3.8, 4) is 16.4 Å². The fraction of sp³-hybridized carbons (Fsp3) is 0. The van der Waals surface area contributed by atoms with E-state index >= 15 is 0 Å². The lowest BCUT2D eigenvalue weighted by atomic mass is 10.1. The van der Waals surface area contributed by atoms with Gasteiger partial charge in [-0.1, -0.05) is 0 Å². The summed E-state index contributed by atoms with van der Waals surface area (Å²) in [5.74, 6) is -7.15. The molecule has 5 aliphatic heterocycles. The largest absolute Gasteiger partial charge is 0.447 e. The molecule has 0 bridgehead atoms. The molecular formula is C108H60F18O7S10+6. The molecule has 0 saturated heterocycles. The summed E-state index contributed by atoms with van der Waals surface area (Å²) in [6, 6.07) is 83.2. The molecule has 143 heavy (non-hydrogen) atoms. The fourth-order valence-corrected chi connectivity index (χ4v) is 38.5. The van der Waals surface area contributed by atoms with Crippen LogP contribution in [-0.4, -0.2) is 25.3 Å². The Kier molecular flexibility index (Phi) is 27.9. The lowest BCUT2D eigenvalue weighted by Gasteiger charge is -2.19. The topological polar surface area (TPSA) is 112 Å². The van der Waals surface area contributed by atoms with Crippen molar-refractivity contribution in [2.75, 3.05) is 0 Å². The predicted octanol–water partition coefficient (Wildman–Crippen LogP) is 29.5. The number of hydrogen-bond acceptors (Lipinski definition) is 7. The number of ether oxygens (including phenoxy) is 1. The van der Waals surface area contributed by atoms with Gasteiger partial charge >= 0.3 is 0 Å². The first-order valence-corrected chi connectivity index (χ1v) is 54.8. The van der Waals surface area contributed by atoms with Gasteiger partial charge in [-0.05, 0) is 303 Å². The van der Waals surface area contributed by atoms with Crippen molar-refractivity contribution in [3.63, 3.8) is 0 Å². The van der Waals surface area contributed by atoms with Gasteiger partial charge < -0.3 is 4.74 Å². The Bertz CT molecular complexity index is 8260. The van der Waals surface area contributed by atoms with Gasteiger partial charge in [-0.15, -0.1) is 0 Å². The number of fused-ring (bicyclic) bond motifs is 13. The summed E-state index contributed by atoms with van der Waals surface area (Å²) in [6.45, 7) is 0. The molecule has 0 radical (unpaired) electrons. The standard InChI is InChI=1S/2C18H10F3O2S2.2C18H10F3OS2.C18H10F3OS.C18H10F3S/c19-11-1-5-14(6-2-11)24-15-9-12(20)3-7-17(15)25(22,23)18-8-4-13(21)10-16(18)24;19-11-1-5-14(6-2-11)24-15-7-3-12(20)9-17(15)25(22,23)18-10-13(21)4-8-16(18)24;19-11-1-5-14(6-2-11)23-17-9-12(20)3-7-15(17)24(22)16-8-4-13(21)10-18(16)23;19-11-1-5-14(6-2-11)23-15-7-3-12(20)9-17(15)24(22)18-10-13(21)4-8-16(18)23;19-11-1-5-14(6-2-11)23-17-9-12(20)3-7-15(17)22-16-8-4-13(21)10-18(16)23;19-11-1-5-14(6-2-11)22-17-9-12(20)3-7-15(17)16-8-4-13(21)10-18(16)22/h2*1-10H;2*1-10H;1-10H;1-10H/q6*+1. The Balaban J connectivity index is 0.000000109. The lowest BCUT2D eigenvalue weighted by molar-refractivity contribution is 0.447. The average Bonchev–Trinajstić information content (AvgIpc) is 1.37. The van der Waals surface area contributed by atoms with E-state index in [4.69, 9.17) is 4.74 Å². The first kappa shape index (κ1) is 98.4. The second-order valence-electron chi connectivity index (χ2n) is 31.4. The summed E-state index contributed by atoms with van der Waals surface area (Å²) < 4.78 is 329. The zero-order chi connectivity index (χ0) is 100. The molecule has 19 aromatic rings. The third-order valence-electron chi connectivity index (χ3n) is 22.3. The van der Waals surface area contributed by atoms with Crippen molar-refractivity contribution in [1.82, 2.24) is 0 Å². The molecule has 1 aromatic heterocycles. The number of halogens is 18. The second kappa shape index (κ2) is 40.5. The summed E-state index contributed by atoms with van der Waals surface area (Å²) in [5.41, 5.74) is 0. The number of sulfone groups is 2. The van der Waals surface area contributed by atoms with Gasteiger partial charge in [0.2, 0.25) is 29.5 Å². The molecule has 5 aliphatic rings. The highest BCUT2D eigenvalue weighted by atomic mass is 32.2. The van der Waals surface area contributed by atoms with Crippen LogP contribution in [0.2, 0.25) is 0 Å². The van der Waals surface area contributed by atoms with Crippen LogP contribution in [0.3, 0.4) is 0 Å². The van der Waals surface area contributed by atoms with Gasteiger partial charge in [0.05, 0.1) is 21.6 Å². The Labute approximate surface area is 826 Å². The van der Waals surface area contributed by atoms with Gasteiger partial charge in [0.25, 0.3) is 0 Å².